The van der Waals surface area contributed by atoms with Crippen molar-refractivity contribution in [2.24, 2.45) is 7.05 Å². The van der Waals surface area contributed by atoms with Gasteiger partial charge in [0.25, 0.3) is 0 Å². The number of nitrogens with zero attached hydrogens (tertiary/aromatic N) is 5. The Morgan fingerprint density at radius 1 is 1.57 bits per heavy atom. The third-order valence-electron chi connectivity index (χ3n) is 3.66. The normalized spacial score (nSPS) is 18.2. The lowest BCUT2D eigenvalue weighted by atomic mass is 10.2. The van der Waals surface area contributed by atoms with Gasteiger partial charge in [-0.3, -0.25) is 0 Å². The molecule has 0 aliphatic carbocycles. The fourth-order valence-corrected chi connectivity index (χ4v) is 2.57. The molecule has 3 heterocycles. The quantitative estimate of drug-likeness (QED) is 0.881. The van der Waals surface area contributed by atoms with E-state index in [1.807, 2.05) is 7.05 Å². The number of ether oxygens (including phenoxy) is 1. The lowest BCUT2D eigenvalue weighted by Gasteiger charge is -2.11. The van der Waals surface area contributed by atoms with Gasteiger partial charge in [-0.15, -0.1) is 5.10 Å². The minimum atomic E-state index is -1.10. The second kappa shape index (κ2) is 5.65. The minimum Gasteiger partial charge on any atom is -0.476 e. The van der Waals surface area contributed by atoms with Crippen molar-refractivity contribution in [2.75, 3.05) is 6.61 Å². The van der Waals surface area contributed by atoms with Crippen molar-refractivity contribution in [2.45, 2.75) is 31.9 Å². The lowest BCUT2D eigenvalue weighted by molar-refractivity contribution is 0.0691. The number of carbonyl (C=O) groups is 1. The van der Waals surface area contributed by atoms with Crippen LogP contribution in [0.3, 0.4) is 0 Å². The molecule has 2 aromatic rings. The summed E-state index contributed by atoms with van der Waals surface area (Å²) in [6.45, 7) is 1.36. The van der Waals surface area contributed by atoms with Crippen LogP contribution in [0.4, 0.5) is 0 Å². The summed E-state index contributed by atoms with van der Waals surface area (Å²) >= 11 is 0. The number of hydrogen-bond donors (Lipinski definition) is 1. The number of rotatable bonds is 5. The Morgan fingerprint density at radius 3 is 3.05 bits per heavy atom. The Bertz CT molecular complexity index is 642. The van der Waals surface area contributed by atoms with Gasteiger partial charge < -0.3 is 14.4 Å². The zero-order valence-corrected chi connectivity index (χ0v) is 11.8. The van der Waals surface area contributed by atoms with Crippen molar-refractivity contribution in [3.63, 3.8) is 0 Å². The number of carboxylic acid groups (broad SMARTS) is 1. The zero-order valence-electron chi connectivity index (χ0n) is 11.8. The first-order valence-corrected chi connectivity index (χ1v) is 6.93. The van der Waals surface area contributed by atoms with E-state index in [1.54, 1.807) is 21.6 Å². The molecule has 8 nitrogen and oxygen atoms in total. The third-order valence-corrected chi connectivity index (χ3v) is 3.66. The van der Waals surface area contributed by atoms with E-state index in [-0.39, 0.29) is 11.8 Å². The highest BCUT2D eigenvalue weighted by atomic mass is 16.5. The van der Waals surface area contributed by atoms with Gasteiger partial charge in [-0.2, -0.15) is 0 Å². The summed E-state index contributed by atoms with van der Waals surface area (Å²) in [5, 5.41) is 17.0. The standard InChI is InChI=1S/C13H17N5O3/c1-17-7-5-14-12(17)11-10(13(19)20)15-16-18(11)6-4-9-3-2-8-21-9/h5,7,9H,2-4,6,8H2,1H3,(H,19,20). The number of aromatic carboxylic acids is 1. The van der Waals surface area contributed by atoms with Crippen LogP contribution in [0.2, 0.25) is 0 Å². The van der Waals surface area contributed by atoms with Crippen molar-refractivity contribution in [1.82, 2.24) is 24.5 Å². The molecule has 1 fully saturated rings. The molecule has 0 amide bonds. The summed E-state index contributed by atoms with van der Waals surface area (Å²) in [6.07, 6.45) is 6.51. The van der Waals surface area contributed by atoms with Crippen LogP contribution in [0.5, 0.6) is 0 Å². The van der Waals surface area contributed by atoms with Crippen LogP contribution >= 0.6 is 0 Å². The summed E-state index contributed by atoms with van der Waals surface area (Å²) in [6, 6.07) is 0. The van der Waals surface area contributed by atoms with Crippen molar-refractivity contribution in [3.8, 4) is 11.5 Å². The number of carboxylic acids is 1. The Kier molecular flexibility index (Phi) is 3.70. The molecule has 1 unspecified atom stereocenters. The van der Waals surface area contributed by atoms with Gasteiger partial charge in [-0.25, -0.2) is 14.5 Å². The molecule has 1 aliphatic rings. The van der Waals surface area contributed by atoms with Crippen LogP contribution in [0.15, 0.2) is 12.4 Å². The van der Waals surface area contributed by atoms with Crippen molar-refractivity contribution in [3.05, 3.63) is 18.1 Å². The lowest BCUT2D eigenvalue weighted by Crippen LogP contribution is -2.13. The van der Waals surface area contributed by atoms with Crippen LogP contribution in [-0.2, 0) is 18.3 Å². The Labute approximate surface area is 121 Å². The molecule has 1 atom stereocenters. The molecular weight excluding hydrogens is 274 g/mol. The van der Waals surface area contributed by atoms with Gasteiger partial charge in [0.15, 0.2) is 5.82 Å². The zero-order chi connectivity index (χ0) is 14.8. The van der Waals surface area contributed by atoms with Crippen LogP contribution in [0.25, 0.3) is 11.5 Å². The molecule has 0 radical (unpaired) electrons. The van der Waals surface area contributed by atoms with E-state index < -0.39 is 5.97 Å². The van der Waals surface area contributed by atoms with Gasteiger partial charge in [-0.05, 0) is 19.3 Å². The first-order valence-electron chi connectivity index (χ1n) is 6.93. The molecule has 8 heteroatoms. The second-order valence-corrected chi connectivity index (χ2v) is 5.10. The smallest absolute Gasteiger partial charge is 0.358 e. The van der Waals surface area contributed by atoms with E-state index in [0.29, 0.717) is 18.1 Å². The highest BCUT2D eigenvalue weighted by Crippen LogP contribution is 2.22. The monoisotopic (exact) mass is 291 g/mol. The van der Waals surface area contributed by atoms with E-state index in [2.05, 4.69) is 15.3 Å². The molecule has 0 bridgehead atoms. The van der Waals surface area contributed by atoms with Gasteiger partial charge in [0.2, 0.25) is 5.69 Å². The fraction of sp³-hybridized carbons (Fsp3) is 0.538. The third kappa shape index (κ3) is 2.66. The molecular formula is C13H17N5O3. The van der Waals surface area contributed by atoms with E-state index in [1.165, 1.54) is 0 Å². The summed E-state index contributed by atoms with van der Waals surface area (Å²) in [4.78, 5) is 15.5. The maximum Gasteiger partial charge on any atom is 0.358 e. The fourth-order valence-electron chi connectivity index (χ4n) is 2.57. The SMILES string of the molecule is Cn1ccnc1-c1c(C(=O)O)nnn1CCC1CCCO1. The minimum absolute atomic E-state index is 0.0726. The molecule has 1 aliphatic heterocycles. The predicted molar refractivity (Wildman–Crippen MR) is 72.8 cm³/mol. The molecule has 21 heavy (non-hydrogen) atoms. The highest BCUT2D eigenvalue weighted by molar-refractivity contribution is 5.91. The number of hydrogen-bond acceptors (Lipinski definition) is 5. The number of aryl methyl sites for hydroxylation is 2. The first-order chi connectivity index (χ1) is 10.2. The Morgan fingerprint density at radius 2 is 2.43 bits per heavy atom. The predicted octanol–water partition coefficient (Wildman–Crippen LogP) is 0.946. The van der Waals surface area contributed by atoms with Crippen molar-refractivity contribution >= 4 is 5.97 Å². The van der Waals surface area contributed by atoms with E-state index in [9.17, 15) is 9.90 Å². The molecule has 3 rings (SSSR count). The van der Waals surface area contributed by atoms with Gasteiger partial charge in [0.05, 0.1) is 6.10 Å². The maximum absolute atomic E-state index is 11.3. The average Bonchev–Trinajstić information content (AvgIpc) is 3.15. The molecule has 2 aromatic heterocycles. The molecule has 1 saturated heterocycles. The summed E-state index contributed by atoms with van der Waals surface area (Å²) in [7, 11) is 1.81. The summed E-state index contributed by atoms with van der Waals surface area (Å²) in [5.74, 6) is -0.555. The van der Waals surface area contributed by atoms with Crippen LogP contribution in [-0.4, -0.2) is 48.3 Å². The van der Waals surface area contributed by atoms with Gasteiger partial charge in [0, 0.05) is 32.6 Å². The molecule has 112 valence electrons. The summed E-state index contributed by atoms with van der Waals surface area (Å²) in [5.41, 5.74) is 0.365. The first kappa shape index (κ1) is 13.7. The van der Waals surface area contributed by atoms with Crippen molar-refractivity contribution < 1.29 is 14.6 Å². The van der Waals surface area contributed by atoms with E-state index in [4.69, 9.17) is 4.74 Å². The largest absolute Gasteiger partial charge is 0.476 e. The number of aromatic nitrogens is 5. The topological polar surface area (TPSA) is 95.1 Å². The van der Waals surface area contributed by atoms with E-state index >= 15 is 0 Å². The van der Waals surface area contributed by atoms with Crippen LogP contribution in [0.1, 0.15) is 29.8 Å². The van der Waals surface area contributed by atoms with Crippen LogP contribution < -0.4 is 0 Å². The van der Waals surface area contributed by atoms with Crippen molar-refractivity contribution in [1.29, 1.82) is 0 Å². The highest BCUT2D eigenvalue weighted by Gasteiger charge is 2.24. The Hall–Kier alpha value is -2.22. The van der Waals surface area contributed by atoms with Gasteiger partial charge in [-0.1, -0.05) is 5.21 Å². The van der Waals surface area contributed by atoms with Crippen LogP contribution in [0, 0.1) is 0 Å². The summed E-state index contributed by atoms with van der Waals surface area (Å²) < 4.78 is 8.95. The molecule has 0 spiro atoms. The Balaban J connectivity index is 1.89. The molecule has 0 saturated carbocycles. The number of imidazole rings is 1. The van der Waals surface area contributed by atoms with Gasteiger partial charge in [0.1, 0.15) is 5.69 Å². The average molecular weight is 291 g/mol. The molecule has 0 aromatic carbocycles. The second-order valence-electron chi connectivity index (χ2n) is 5.10. The van der Waals surface area contributed by atoms with E-state index in [0.717, 1.165) is 25.9 Å². The van der Waals surface area contributed by atoms with Gasteiger partial charge >= 0.3 is 5.97 Å². The maximum atomic E-state index is 11.3. The molecule has 1 N–H and O–H groups in total.